The van der Waals surface area contributed by atoms with Crippen LogP contribution in [0.3, 0.4) is 0 Å². The lowest BCUT2D eigenvalue weighted by Crippen LogP contribution is -2.31. The normalized spacial score (nSPS) is 15.0. The molecule has 2 atom stereocenters. The van der Waals surface area contributed by atoms with Crippen molar-refractivity contribution in [2.45, 2.75) is 25.7 Å². The minimum Gasteiger partial charge on any atom is -0.384 e. The van der Waals surface area contributed by atoms with Gasteiger partial charge in [0.25, 0.3) is 0 Å². The van der Waals surface area contributed by atoms with Gasteiger partial charge in [-0.15, -0.1) is 9.24 Å². The lowest BCUT2D eigenvalue weighted by Gasteiger charge is -2.28. The molecule has 3 N–H and O–H groups in total. The standard InChI is InChI=1S/C26H24F5N4P/c1-3-10-32-23-19(11-16(28)13-22(23)36)14(2)33-25-18-6-4-5-7-21(18)34-24(35-25)17-9-8-15(27)12-20(17)26(29,30)31/h4-9,11-13,24,32,34H,2-3,10,36H2,1H3,(H,33,35). The van der Waals surface area contributed by atoms with E-state index in [1.54, 1.807) is 24.3 Å². The average Bonchev–Trinajstić information content (AvgIpc) is 2.82. The van der Waals surface area contributed by atoms with Gasteiger partial charge in [0.15, 0.2) is 0 Å². The molecule has 0 aromatic heterocycles. The summed E-state index contributed by atoms with van der Waals surface area (Å²) in [4.78, 5) is 4.49. The summed E-state index contributed by atoms with van der Waals surface area (Å²) >= 11 is 0. The smallest absolute Gasteiger partial charge is 0.384 e. The first-order valence-electron chi connectivity index (χ1n) is 11.2. The first-order chi connectivity index (χ1) is 17.1. The van der Waals surface area contributed by atoms with Crippen molar-refractivity contribution in [1.29, 1.82) is 0 Å². The molecule has 36 heavy (non-hydrogen) atoms. The number of aliphatic imine (C=N–C) groups is 1. The number of rotatable bonds is 6. The zero-order chi connectivity index (χ0) is 26.0. The number of nitrogens with one attached hydrogen (secondary N) is 3. The predicted molar refractivity (Wildman–Crippen MR) is 137 cm³/mol. The van der Waals surface area contributed by atoms with Crippen LogP contribution in [0.4, 0.5) is 33.3 Å². The van der Waals surface area contributed by atoms with Crippen LogP contribution in [0.1, 0.15) is 41.8 Å². The minimum atomic E-state index is -4.78. The Balaban J connectivity index is 1.77. The number of hydrogen-bond donors (Lipinski definition) is 3. The Morgan fingerprint density at radius 3 is 2.56 bits per heavy atom. The third-order valence-electron chi connectivity index (χ3n) is 5.63. The third-order valence-corrected chi connectivity index (χ3v) is 6.08. The summed E-state index contributed by atoms with van der Waals surface area (Å²) in [5, 5.41) is 9.93. The molecule has 1 aliphatic rings. The summed E-state index contributed by atoms with van der Waals surface area (Å²) in [6, 6.07) is 12.1. The highest BCUT2D eigenvalue weighted by molar-refractivity contribution is 7.28. The fraction of sp³-hybridized carbons (Fsp3) is 0.192. The topological polar surface area (TPSA) is 48.5 Å². The Kier molecular flexibility index (Phi) is 7.31. The van der Waals surface area contributed by atoms with Gasteiger partial charge < -0.3 is 16.0 Å². The molecular weight excluding hydrogens is 494 g/mol. The van der Waals surface area contributed by atoms with Gasteiger partial charge in [0.05, 0.1) is 11.3 Å². The zero-order valence-corrected chi connectivity index (χ0v) is 20.5. The quantitative estimate of drug-likeness (QED) is 0.260. The number of halogens is 5. The van der Waals surface area contributed by atoms with Gasteiger partial charge in [-0.05, 0) is 48.1 Å². The van der Waals surface area contributed by atoms with Gasteiger partial charge >= 0.3 is 6.18 Å². The summed E-state index contributed by atoms with van der Waals surface area (Å²) in [6.45, 7) is 6.70. The Labute approximate surface area is 207 Å². The van der Waals surface area contributed by atoms with Crippen molar-refractivity contribution in [2.75, 3.05) is 17.2 Å². The molecule has 4 rings (SSSR count). The van der Waals surface area contributed by atoms with E-state index in [4.69, 9.17) is 0 Å². The van der Waals surface area contributed by atoms with Crippen molar-refractivity contribution >= 4 is 37.5 Å². The highest BCUT2D eigenvalue weighted by Gasteiger charge is 2.37. The number of alkyl halides is 3. The number of hydrogen-bond acceptors (Lipinski definition) is 4. The van der Waals surface area contributed by atoms with Crippen LogP contribution in [-0.4, -0.2) is 12.4 Å². The summed E-state index contributed by atoms with van der Waals surface area (Å²) in [7, 11) is 2.49. The largest absolute Gasteiger partial charge is 0.416 e. The van der Waals surface area contributed by atoms with Crippen LogP contribution in [0.2, 0.25) is 0 Å². The fourth-order valence-corrected chi connectivity index (χ4v) is 4.39. The van der Waals surface area contributed by atoms with Gasteiger partial charge in [-0.2, -0.15) is 13.2 Å². The van der Waals surface area contributed by atoms with E-state index < -0.39 is 29.5 Å². The van der Waals surface area contributed by atoms with Crippen molar-refractivity contribution in [2.24, 2.45) is 4.99 Å². The van der Waals surface area contributed by atoms with Crippen molar-refractivity contribution in [3.8, 4) is 0 Å². The molecule has 0 bridgehead atoms. The fourth-order valence-electron chi connectivity index (χ4n) is 3.98. The number of benzene rings is 3. The SMILES string of the molecule is C=C(NC1=NC(c2ccc(F)cc2C(F)(F)F)Nc2ccccc21)c1cc(F)cc(P)c1NCCC. The van der Waals surface area contributed by atoms with E-state index in [1.807, 2.05) is 6.92 Å². The first-order valence-corrected chi connectivity index (χ1v) is 11.8. The Bertz CT molecular complexity index is 1340. The maximum Gasteiger partial charge on any atom is 0.416 e. The molecule has 0 spiro atoms. The molecule has 1 heterocycles. The summed E-state index contributed by atoms with van der Waals surface area (Å²) in [6.07, 6.45) is -5.10. The molecule has 3 aromatic rings. The molecule has 0 fully saturated rings. The van der Waals surface area contributed by atoms with E-state index in [-0.39, 0.29) is 11.4 Å². The number of para-hydroxylation sites is 1. The van der Waals surface area contributed by atoms with Crippen LogP contribution < -0.4 is 21.3 Å². The van der Waals surface area contributed by atoms with Gasteiger partial charge in [-0.25, -0.2) is 13.8 Å². The van der Waals surface area contributed by atoms with Crippen LogP contribution in [0.25, 0.3) is 5.70 Å². The maximum atomic E-state index is 14.3. The molecule has 2 unspecified atom stereocenters. The van der Waals surface area contributed by atoms with Crippen LogP contribution in [0.15, 0.2) is 66.2 Å². The molecule has 188 valence electrons. The minimum absolute atomic E-state index is 0.230. The van der Waals surface area contributed by atoms with E-state index in [1.165, 1.54) is 12.1 Å². The predicted octanol–water partition coefficient (Wildman–Crippen LogP) is 6.44. The molecule has 0 radical (unpaired) electrons. The van der Waals surface area contributed by atoms with Crippen LogP contribution >= 0.6 is 9.24 Å². The molecule has 0 aliphatic carbocycles. The Morgan fingerprint density at radius 1 is 1.08 bits per heavy atom. The van der Waals surface area contributed by atoms with Gasteiger partial charge in [0, 0.05) is 34.6 Å². The van der Waals surface area contributed by atoms with Crippen molar-refractivity contribution in [3.05, 3.63) is 95.1 Å². The number of nitrogens with zero attached hydrogens (tertiary/aromatic N) is 1. The maximum absolute atomic E-state index is 14.3. The van der Waals surface area contributed by atoms with E-state index in [0.29, 0.717) is 46.1 Å². The van der Waals surface area contributed by atoms with E-state index in [2.05, 4.69) is 36.8 Å². The molecule has 0 saturated heterocycles. The second-order valence-corrected chi connectivity index (χ2v) is 8.87. The van der Waals surface area contributed by atoms with Gasteiger partial charge in [-0.3, -0.25) is 0 Å². The molecule has 4 nitrogen and oxygen atoms in total. The second kappa shape index (κ2) is 10.3. The summed E-state index contributed by atoms with van der Waals surface area (Å²) in [5.41, 5.74) is 1.20. The van der Waals surface area contributed by atoms with Crippen LogP contribution in [-0.2, 0) is 6.18 Å². The van der Waals surface area contributed by atoms with Crippen molar-refractivity contribution in [1.82, 2.24) is 5.32 Å². The zero-order valence-electron chi connectivity index (χ0n) is 19.3. The number of anilines is 2. The molecule has 0 saturated carbocycles. The Hall–Kier alpha value is -3.45. The lowest BCUT2D eigenvalue weighted by atomic mass is 10.0. The highest BCUT2D eigenvalue weighted by atomic mass is 31.0. The number of amidine groups is 1. The van der Waals surface area contributed by atoms with E-state index in [9.17, 15) is 22.0 Å². The summed E-state index contributed by atoms with van der Waals surface area (Å²) < 4.78 is 69.1. The lowest BCUT2D eigenvalue weighted by molar-refractivity contribution is -0.138. The van der Waals surface area contributed by atoms with Gasteiger partial charge in [-0.1, -0.05) is 31.7 Å². The monoisotopic (exact) mass is 518 g/mol. The van der Waals surface area contributed by atoms with E-state index >= 15 is 0 Å². The van der Waals surface area contributed by atoms with Crippen LogP contribution in [0, 0.1) is 11.6 Å². The van der Waals surface area contributed by atoms with Gasteiger partial charge in [0.2, 0.25) is 0 Å². The summed E-state index contributed by atoms with van der Waals surface area (Å²) in [5.74, 6) is -1.22. The average molecular weight is 518 g/mol. The Morgan fingerprint density at radius 2 is 1.83 bits per heavy atom. The molecule has 10 heteroatoms. The third kappa shape index (κ3) is 5.36. The molecule has 0 amide bonds. The van der Waals surface area contributed by atoms with Crippen molar-refractivity contribution in [3.63, 3.8) is 0 Å². The first kappa shape index (κ1) is 25.6. The van der Waals surface area contributed by atoms with Crippen LogP contribution in [0.5, 0.6) is 0 Å². The van der Waals surface area contributed by atoms with Crippen molar-refractivity contribution < 1.29 is 22.0 Å². The second-order valence-electron chi connectivity index (χ2n) is 8.25. The number of fused-ring (bicyclic) bond motifs is 1. The van der Waals surface area contributed by atoms with E-state index in [0.717, 1.165) is 18.6 Å². The highest BCUT2D eigenvalue weighted by Crippen LogP contribution is 2.38. The molecule has 1 aliphatic heterocycles. The molecular formula is C26H24F5N4P. The molecule has 3 aromatic carbocycles. The van der Waals surface area contributed by atoms with Gasteiger partial charge in [0.1, 0.15) is 23.6 Å².